The monoisotopic (exact) mass is 590 g/mol. The molecular formula is C32H42N6O5. The summed E-state index contributed by atoms with van der Waals surface area (Å²) < 4.78 is 16.9. The van der Waals surface area contributed by atoms with E-state index in [4.69, 9.17) is 18.9 Å². The molecule has 3 aromatic rings. The van der Waals surface area contributed by atoms with Crippen LogP contribution in [0, 0.1) is 13.8 Å². The van der Waals surface area contributed by atoms with Gasteiger partial charge in [-0.1, -0.05) is 6.07 Å². The number of morpholine rings is 1. The van der Waals surface area contributed by atoms with Crippen LogP contribution in [0.3, 0.4) is 0 Å². The zero-order valence-corrected chi connectivity index (χ0v) is 25.1. The molecule has 1 saturated carbocycles. The van der Waals surface area contributed by atoms with Crippen LogP contribution in [0.2, 0.25) is 0 Å². The smallest absolute Gasteiger partial charge is 0.251 e. The van der Waals surface area contributed by atoms with E-state index in [-0.39, 0.29) is 12.5 Å². The van der Waals surface area contributed by atoms with Crippen molar-refractivity contribution < 1.29 is 23.8 Å². The summed E-state index contributed by atoms with van der Waals surface area (Å²) in [5.74, 6) is 2.88. The van der Waals surface area contributed by atoms with Gasteiger partial charge in [-0.15, -0.1) is 0 Å². The molecule has 230 valence electrons. The second-order valence-corrected chi connectivity index (χ2v) is 11.8. The van der Waals surface area contributed by atoms with E-state index in [0.717, 1.165) is 79.8 Å². The molecule has 1 aliphatic carbocycles. The van der Waals surface area contributed by atoms with Gasteiger partial charge in [0, 0.05) is 50.9 Å². The van der Waals surface area contributed by atoms with Gasteiger partial charge in [-0.3, -0.25) is 9.69 Å². The van der Waals surface area contributed by atoms with Gasteiger partial charge in [0.1, 0.15) is 24.0 Å². The number of β-amino-alcohol motifs (C(OH)–C–C–N with tert-alkyl or cyclic N) is 1. The Bertz CT molecular complexity index is 1420. The second-order valence-electron chi connectivity index (χ2n) is 11.8. The van der Waals surface area contributed by atoms with Crippen molar-refractivity contribution in [1.82, 2.24) is 20.2 Å². The van der Waals surface area contributed by atoms with Crippen molar-refractivity contribution >= 4 is 17.5 Å². The molecule has 1 aromatic carbocycles. The highest BCUT2D eigenvalue weighted by Crippen LogP contribution is 2.30. The molecule has 0 radical (unpaired) electrons. The number of aliphatic hydroxyl groups is 1. The Morgan fingerprint density at radius 1 is 1.19 bits per heavy atom. The zero-order valence-electron chi connectivity index (χ0n) is 25.1. The molecule has 3 N–H and O–H groups in total. The van der Waals surface area contributed by atoms with Crippen molar-refractivity contribution in [2.45, 2.75) is 64.8 Å². The number of fused-ring (bicyclic) bond motifs is 1. The third kappa shape index (κ3) is 7.11. The highest BCUT2D eigenvalue weighted by atomic mass is 16.5. The lowest BCUT2D eigenvalue weighted by molar-refractivity contribution is 0.0841. The maximum atomic E-state index is 13.2. The first-order chi connectivity index (χ1) is 20.9. The van der Waals surface area contributed by atoms with Crippen LogP contribution in [0.25, 0.3) is 0 Å². The number of pyridine rings is 1. The fourth-order valence-electron chi connectivity index (χ4n) is 5.91. The van der Waals surface area contributed by atoms with Crippen molar-refractivity contribution in [2.75, 3.05) is 56.2 Å². The number of benzene rings is 1. The quantitative estimate of drug-likeness (QED) is 0.307. The van der Waals surface area contributed by atoms with Crippen LogP contribution >= 0.6 is 0 Å². The summed E-state index contributed by atoms with van der Waals surface area (Å²) in [6.45, 7) is 9.36. The van der Waals surface area contributed by atoms with E-state index < -0.39 is 6.10 Å². The Hall–Kier alpha value is -3.67. The second kappa shape index (κ2) is 13.3. The Balaban J connectivity index is 1.03. The minimum atomic E-state index is -0.688. The predicted molar refractivity (Wildman–Crippen MR) is 163 cm³/mol. The third-order valence-electron chi connectivity index (χ3n) is 8.75. The fourth-order valence-corrected chi connectivity index (χ4v) is 5.91. The van der Waals surface area contributed by atoms with Crippen LogP contribution in [0.1, 0.15) is 57.8 Å². The number of ether oxygens (including phenoxy) is 2. The summed E-state index contributed by atoms with van der Waals surface area (Å²) in [6, 6.07) is 8.18. The molecule has 43 heavy (non-hydrogen) atoms. The van der Waals surface area contributed by atoms with Crippen LogP contribution in [-0.2, 0) is 24.3 Å². The van der Waals surface area contributed by atoms with E-state index in [1.807, 2.05) is 25.1 Å². The number of oxazole rings is 1. The predicted octanol–water partition coefficient (Wildman–Crippen LogP) is 3.22. The summed E-state index contributed by atoms with van der Waals surface area (Å²) in [7, 11) is 0. The lowest BCUT2D eigenvalue weighted by atomic mass is 9.93. The highest BCUT2D eigenvalue weighted by molar-refractivity contribution is 5.95. The number of carbonyl (C=O) groups is 1. The van der Waals surface area contributed by atoms with Gasteiger partial charge in [0.05, 0.1) is 25.0 Å². The number of carbonyl (C=O) groups excluding carboxylic acids is 1. The van der Waals surface area contributed by atoms with Crippen molar-refractivity contribution in [2.24, 2.45) is 0 Å². The number of anilines is 2. The molecule has 0 bridgehead atoms. The number of amides is 1. The fraction of sp³-hybridized carbons (Fsp3) is 0.531. The minimum Gasteiger partial charge on any atom is -0.485 e. The van der Waals surface area contributed by atoms with Gasteiger partial charge in [0.15, 0.2) is 12.2 Å². The van der Waals surface area contributed by atoms with Gasteiger partial charge >= 0.3 is 0 Å². The van der Waals surface area contributed by atoms with E-state index in [1.165, 1.54) is 23.9 Å². The SMILES string of the molecule is Cc1ncoc1COc1ccc2c(c1C)CCN(C[C@@H](O)CNC(=O)c1cc(NC3CCC3)nc(N3CCOCC3)c1)C2. The average molecular weight is 591 g/mol. The molecule has 2 fully saturated rings. The first-order valence-corrected chi connectivity index (χ1v) is 15.4. The normalized spacial score (nSPS) is 18.1. The molecular weight excluding hydrogens is 548 g/mol. The first kappa shape index (κ1) is 29.4. The Morgan fingerprint density at radius 3 is 2.77 bits per heavy atom. The van der Waals surface area contributed by atoms with Gasteiger partial charge in [0.2, 0.25) is 0 Å². The van der Waals surface area contributed by atoms with E-state index in [2.05, 4.69) is 38.4 Å². The number of nitrogens with one attached hydrogen (secondary N) is 2. The van der Waals surface area contributed by atoms with Crippen LogP contribution < -0.4 is 20.3 Å². The molecule has 6 rings (SSSR count). The molecule has 4 heterocycles. The van der Waals surface area contributed by atoms with Crippen LogP contribution in [0.5, 0.6) is 5.75 Å². The Labute approximate surface area is 252 Å². The Morgan fingerprint density at radius 2 is 2.02 bits per heavy atom. The average Bonchev–Trinajstić information content (AvgIpc) is 3.42. The van der Waals surface area contributed by atoms with Crippen LogP contribution in [0.4, 0.5) is 11.6 Å². The molecule has 1 atom stereocenters. The van der Waals surface area contributed by atoms with E-state index in [9.17, 15) is 9.90 Å². The van der Waals surface area contributed by atoms with Crippen molar-refractivity contribution in [1.29, 1.82) is 0 Å². The van der Waals surface area contributed by atoms with E-state index in [0.29, 0.717) is 38.0 Å². The van der Waals surface area contributed by atoms with Crippen LogP contribution in [0.15, 0.2) is 35.1 Å². The minimum absolute atomic E-state index is 0.176. The summed E-state index contributed by atoms with van der Waals surface area (Å²) in [4.78, 5) is 26.5. The van der Waals surface area contributed by atoms with Gasteiger partial charge in [-0.2, -0.15) is 0 Å². The topological polar surface area (TPSA) is 125 Å². The van der Waals surface area contributed by atoms with E-state index in [1.54, 1.807) is 0 Å². The molecule has 2 aromatic heterocycles. The summed E-state index contributed by atoms with van der Waals surface area (Å²) in [6.07, 6.45) is 5.08. The van der Waals surface area contributed by atoms with Crippen molar-refractivity contribution in [3.63, 3.8) is 0 Å². The first-order valence-electron chi connectivity index (χ1n) is 15.4. The molecule has 11 nitrogen and oxygen atoms in total. The van der Waals surface area contributed by atoms with Gasteiger partial charge in [0.25, 0.3) is 5.91 Å². The lowest BCUT2D eigenvalue weighted by Crippen LogP contribution is -2.42. The van der Waals surface area contributed by atoms with Gasteiger partial charge in [-0.05, 0) is 74.4 Å². The number of nitrogens with zero attached hydrogens (tertiary/aromatic N) is 4. The summed E-state index contributed by atoms with van der Waals surface area (Å²) >= 11 is 0. The highest BCUT2D eigenvalue weighted by Gasteiger charge is 2.24. The molecule has 0 unspecified atom stereocenters. The lowest BCUT2D eigenvalue weighted by Gasteiger charge is -2.32. The number of hydrogen-bond donors (Lipinski definition) is 3. The van der Waals surface area contributed by atoms with Crippen LogP contribution in [-0.4, -0.2) is 84.0 Å². The van der Waals surface area contributed by atoms with Gasteiger partial charge < -0.3 is 34.5 Å². The van der Waals surface area contributed by atoms with Crippen molar-refractivity contribution in [3.05, 3.63) is 64.4 Å². The summed E-state index contributed by atoms with van der Waals surface area (Å²) in [5, 5.41) is 17.3. The largest absolute Gasteiger partial charge is 0.485 e. The number of aromatic nitrogens is 2. The standard InChI is InChI=1S/C32H42N6O5/c1-21-27-8-9-37(17-23(27)6-7-28(21)42-19-29-22(2)34-20-43-29)18-26(39)16-33-32(40)24-14-30(35-25-4-3-5-25)36-31(15-24)38-10-12-41-13-11-38/h6-7,14-15,20,25-26,39H,3-5,8-13,16-19H2,1-2H3,(H,33,40)(H,35,36)/t26-/m0/s1. The number of aliphatic hydroxyl groups excluding tert-OH is 1. The molecule has 1 amide bonds. The number of hydrogen-bond acceptors (Lipinski definition) is 10. The Kier molecular flexibility index (Phi) is 9.11. The molecule has 11 heteroatoms. The maximum absolute atomic E-state index is 13.2. The summed E-state index contributed by atoms with van der Waals surface area (Å²) in [5.41, 5.74) is 5.06. The molecule has 2 aliphatic heterocycles. The van der Waals surface area contributed by atoms with Gasteiger partial charge in [-0.25, -0.2) is 9.97 Å². The molecule has 3 aliphatic rings. The molecule has 1 saturated heterocycles. The molecule has 0 spiro atoms. The van der Waals surface area contributed by atoms with E-state index >= 15 is 0 Å². The number of aryl methyl sites for hydroxylation is 1. The third-order valence-corrected chi connectivity index (χ3v) is 8.75. The van der Waals surface area contributed by atoms with Crippen molar-refractivity contribution in [3.8, 4) is 5.75 Å². The maximum Gasteiger partial charge on any atom is 0.251 e. The number of rotatable bonds is 11. The zero-order chi connectivity index (χ0) is 29.8.